The number of carbonyl (C=O) groups is 1. The number of carboxylic acid groups (broad SMARTS) is 1. The van der Waals surface area contributed by atoms with Crippen LogP contribution in [0.5, 0.6) is 0 Å². The highest BCUT2D eigenvalue weighted by atomic mass is 19.1. The number of unbranched alkanes of at least 4 members (excludes halogenated alkanes) is 7. The van der Waals surface area contributed by atoms with Crippen LogP contribution in [-0.4, -0.2) is 17.8 Å². The van der Waals surface area contributed by atoms with Gasteiger partial charge in [-0.1, -0.05) is 44.3 Å². The number of aliphatic carboxylic acids is 1. The Bertz CT molecular complexity index is 202. The van der Waals surface area contributed by atoms with E-state index in [4.69, 9.17) is 5.11 Å². The number of rotatable bonds is 12. The topological polar surface area (TPSA) is 37.3 Å². The molecule has 0 saturated carbocycles. The average Bonchev–Trinajstić information content (AvgIpc) is 2.30. The van der Waals surface area contributed by atoms with Crippen LogP contribution in [0.1, 0.15) is 64.2 Å². The van der Waals surface area contributed by atoms with E-state index in [0.717, 1.165) is 25.7 Å². The van der Waals surface area contributed by atoms with Crippen LogP contribution < -0.4 is 0 Å². The Hall–Kier alpha value is -0.860. The lowest BCUT2D eigenvalue weighted by Crippen LogP contribution is -1.93. The Morgan fingerprint density at radius 3 is 2.00 bits per heavy atom. The Morgan fingerprint density at radius 2 is 1.41 bits per heavy atom. The molecule has 2 nitrogen and oxygen atoms in total. The smallest absolute Gasteiger partial charge is 0.303 e. The van der Waals surface area contributed by atoms with E-state index < -0.39 is 5.97 Å². The zero-order chi connectivity index (χ0) is 12.8. The van der Waals surface area contributed by atoms with Crippen molar-refractivity contribution in [1.29, 1.82) is 0 Å². The van der Waals surface area contributed by atoms with E-state index in [9.17, 15) is 9.18 Å². The van der Waals surface area contributed by atoms with E-state index in [-0.39, 0.29) is 6.67 Å². The van der Waals surface area contributed by atoms with Gasteiger partial charge >= 0.3 is 5.97 Å². The summed E-state index contributed by atoms with van der Waals surface area (Å²) in [6, 6.07) is 0. The molecule has 17 heavy (non-hydrogen) atoms. The van der Waals surface area contributed by atoms with Crippen LogP contribution in [0, 0.1) is 0 Å². The van der Waals surface area contributed by atoms with Gasteiger partial charge in [-0.05, 0) is 25.7 Å². The second-order valence-corrected chi connectivity index (χ2v) is 4.36. The van der Waals surface area contributed by atoms with Gasteiger partial charge in [0.05, 0.1) is 6.67 Å². The van der Waals surface area contributed by atoms with Crippen molar-refractivity contribution in [3.05, 3.63) is 12.2 Å². The molecule has 0 aliphatic carbocycles. The molecule has 0 aromatic rings. The van der Waals surface area contributed by atoms with Crippen LogP contribution in [-0.2, 0) is 4.79 Å². The number of allylic oxidation sites excluding steroid dienone is 2. The van der Waals surface area contributed by atoms with Gasteiger partial charge in [-0.2, -0.15) is 0 Å². The van der Waals surface area contributed by atoms with Crippen molar-refractivity contribution in [3.8, 4) is 0 Å². The monoisotopic (exact) mass is 244 g/mol. The minimum Gasteiger partial charge on any atom is -0.481 e. The Morgan fingerprint density at radius 1 is 0.882 bits per heavy atom. The van der Waals surface area contributed by atoms with Gasteiger partial charge in [0.1, 0.15) is 0 Å². The van der Waals surface area contributed by atoms with Crippen LogP contribution in [0.3, 0.4) is 0 Å². The van der Waals surface area contributed by atoms with Crippen LogP contribution in [0.25, 0.3) is 0 Å². The van der Waals surface area contributed by atoms with Crippen molar-refractivity contribution in [3.63, 3.8) is 0 Å². The van der Waals surface area contributed by atoms with Crippen LogP contribution in [0.15, 0.2) is 12.2 Å². The molecule has 0 aliphatic rings. The molecular formula is C14H25FO2. The van der Waals surface area contributed by atoms with Crippen molar-refractivity contribution in [2.75, 3.05) is 6.67 Å². The summed E-state index contributed by atoms with van der Waals surface area (Å²) in [4.78, 5) is 10.3. The summed E-state index contributed by atoms with van der Waals surface area (Å²) < 4.78 is 11.7. The molecule has 0 unspecified atom stereocenters. The van der Waals surface area contributed by atoms with Crippen molar-refractivity contribution >= 4 is 5.97 Å². The minimum absolute atomic E-state index is 0.257. The Balaban J connectivity index is 3.01. The maximum absolute atomic E-state index is 11.7. The van der Waals surface area contributed by atoms with E-state index in [0.29, 0.717) is 12.8 Å². The predicted molar refractivity (Wildman–Crippen MR) is 68.9 cm³/mol. The fraction of sp³-hybridized carbons (Fsp3) is 0.786. The minimum atomic E-state index is -0.690. The van der Waals surface area contributed by atoms with Crippen molar-refractivity contribution in [2.24, 2.45) is 0 Å². The summed E-state index contributed by atoms with van der Waals surface area (Å²) >= 11 is 0. The Kier molecular flexibility index (Phi) is 12.5. The third kappa shape index (κ3) is 15.1. The normalized spacial score (nSPS) is 11.1. The molecule has 0 heterocycles. The fourth-order valence-corrected chi connectivity index (χ4v) is 1.72. The van der Waals surface area contributed by atoms with Gasteiger partial charge in [-0.25, -0.2) is 0 Å². The van der Waals surface area contributed by atoms with Crippen molar-refractivity contribution in [1.82, 2.24) is 0 Å². The van der Waals surface area contributed by atoms with Crippen molar-refractivity contribution < 1.29 is 14.3 Å². The molecule has 0 aromatic carbocycles. The summed E-state index contributed by atoms with van der Waals surface area (Å²) in [7, 11) is 0. The molecule has 100 valence electrons. The van der Waals surface area contributed by atoms with Crippen LogP contribution in [0.2, 0.25) is 0 Å². The third-order valence-corrected chi connectivity index (χ3v) is 2.70. The highest BCUT2D eigenvalue weighted by Crippen LogP contribution is 2.10. The molecule has 0 saturated heterocycles. The molecule has 3 heteroatoms. The van der Waals surface area contributed by atoms with E-state index in [1.807, 2.05) is 6.08 Å². The average molecular weight is 244 g/mol. The molecule has 0 rings (SSSR count). The molecular weight excluding hydrogens is 219 g/mol. The summed E-state index contributed by atoms with van der Waals surface area (Å²) in [5, 5.41) is 8.44. The first-order valence-corrected chi connectivity index (χ1v) is 6.70. The molecule has 0 aliphatic heterocycles. The maximum atomic E-state index is 11.7. The zero-order valence-electron chi connectivity index (χ0n) is 10.7. The van der Waals surface area contributed by atoms with Gasteiger partial charge < -0.3 is 5.11 Å². The molecule has 0 bridgehead atoms. The summed E-state index contributed by atoms with van der Waals surface area (Å²) in [5.74, 6) is -0.690. The largest absolute Gasteiger partial charge is 0.481 e. The van der Waals surface area contributed by atoms with Gasteiger partial charge in [0.25, 0.3) is 0 Å². The lowest BCUT2D eigenvalue weighted by atomic mass is 10.1. The van der Waals surface area contributed by atoms with Crippen LogP contribution >= 0.6 is 0 Å². The fourth-order valence-electron chi connectivity index (χ4n) is 1.72. The van der Waals surface area contributed by atoms with Gasteiger partial charge in [-0.15, -0.1) is 0 Å². The molecule has 0 spiro atoms. The number of halogens is 1. The maximum Gasteiger partial charge on any atom is 0.303 e. The zero-order valence-corrected chi connectivity index (χ0v) is 10.7. The lowest BCUT2D eigenvalue weighted by Gasteiger charge is -2.00. The highest BCUT2D eigenvalue weighted by Gasteiger charge is 1.96. The summed E-state index contributed by atoms with van der Waals surface area (Å²) in [6.07, 6.45) is 13.7. The first-order valence-electron chi connectivity index (χ1n) is 6.70. The number of carboxylic acids is 1. The summed E-state index contributed by atoms with van der Waals surface area (Å²) in [5.41, 5.74) is 0. The number of alkyl halides is 1. The van der Waals surface area contributed by atoms with Crippen LogP contribution in [0.4, 0.5) is 4.39 Å². The molecule has 0 radical (unpaired) electrons. The molecule has 0 aromatic heterocycles. The first-order chi connectivity index (χ1) is 8.27. The van der Waals surface area contributed by atoms with Gasteiger partial charge in [0.15, 0.2) is 0 Å². The molecule has 0 atom stereocenters. The summed E-state index contributed by atoms with van der Waals surface area (Å²) in [6.45, 7) is -0.257. The van der Waals surface area contributed by atoms with Gasteiger partial charge in [0, 0.05) is 6.42 Å². The third-order valence-electron chi connectivity index (χ3n) is 2.70. The lowest BCUT2D eigenvalue weighted by molar-refractivity contribution is -0.137. The number of hydrogen-bond donors (Lipinski definition) is 1. The predicted octanol–water partition coefficient (Wildman–Crippen LogP) is 4.50. The highest BCUT2D eigenvalue weighted by molar-refractivity contribution is 5.66. The Labute approximate surface area is 104 Å². The van der Waals surface area contributed by atoms with E-state index in [1.54, 1.807) is 0 Å². The molecule has 0 amide bonds. The van der Waals surface area contributed by atoms with E-state index in [2.05, 4.69) is 6.08 Å². The van der Waals surface area contributed by atoms with E-state index in [1.165, 1.54) is 25.7 Å². The SMILES string of the molecule is O=C(O)CCCCCCCCC/C=C/CCF. The molecule has 1 N–H and O–H groups in total. The standard InChI is InChI=1S/C14H25FO2/c15-13-11-9-7-5-3-1-2-4-6-8-10-12-14(16)17/h7,9H,1-6,8,10-13H2,(H,16,17)/b9-7+. The van der Waals surface area contributed by atoms with E-state index >= 15 is 0 Å². The quantitative estimate of drug-likeness (QED) is 0.405. The molecule has 0 fully saturated rings. The first kappa shape index (κ1) is 16.1. The van der Waals surface area contributed by atoms with Gasteiger partial charge in [0.2, 0.25) is 0 Å². The van der Waals surface area contributed by atoms with Gasteiger partial charge in [-0.3, -0.25) is 9.18 Å². The van der Waals surface area contributed by atoms with Crippen molar-refractivity contribution in [2.45, 2.75) is 64.2 Å². The second kappa shape index (κ2) is 13.2. The second-order valence-electron chi connectivity index (χ2n) is 4.36. The number of hydrogen-bond acceptors (Lipinski definition) is 1.